The van der Waals surface area contributed by atoms with Crippen molar-refractivity contribution < 1.29 is 35.9 Å². The van der Waals surface area contributed by atoms with Gasteiger partial charge in [0.25, 0.3) is 0 Å². The summed E-state index contributed by atoms with van der Waals surface area (Å²) in [5, 5.41) is 0. The quantitative estimate of drug-likeness (QED) is 0.416. The average molecular weight is 410 g/mol. The van der Waals surface area contributed by atoms with Gasteiger partial charge in [-0.2, -0.15) is 0 Å². The summed E-state index contributed by atoms with van der Waals surface area (Å²) in [6, 6.07) is 22.5. The van der Waals surface area contributed by atoms with E-state index in [1.54, 1.807) is 3.87 Å². The van der Waals surface area contributed by atoms with Crippen LogP contribution in [0, 0.1) is 0 Å². The summed E-state index contributed by atoms with van der Waals surface area (Å²) >= 11 is -5.14. The van der Waals surface area contributed by atoms with Gasteiger partial charge in [-0.05, 0) is 0 Å². The Morgan fingerprint density at radius 3 is 1.36 bits per heavy atom. The summed E-state index contributed by atoms with van der Waals surface area (Å²) in [6.07, 6.45) is 2.46. The Labute approximate surface area is 162 Å². The number of hydrogen-bond donors (Lipinski definition) is 0. The average Bonchev–Trinajstić information content (AvgIpc) is 2.68. The zero-order valence-corrected chi connectivity index (χ0v) is 19.5. The van der Waals surface area contributed by atoms with Crippen LogP contribution < -0.4 is 7.74 Å². The molecule has 0 aliphatic carbocycles. The van der Waals surface area contributed by atoms with Gasteiger partial charge in [0, 0.05) is 0 Å². The van der Waals surface area contributed by atoms with Gasteiger partial charge in [0.1, 0.15) is 0 Å². The van der Waals surface area contributed by atoms with E-state index in [1.165, 1.54) is 35.6 Å². The van der Waals surface area contributed by atoms with Gasteiger partial charge in [0.2, 0.25) is 0 Å². The second kappa shape index (κ2) is 10.2. The molecule has 2 aromatic rings. The van der Waals surface area contributed by atoms with Crippen molar-refractivity contribution in [3.63, 3.8) is 0 Å². The maximum atomic E-state index is 7.55. The third-order valence-corrected chi connectivity index (χ3v) is 23.7. The van der Waals surface area contributed by atoms with E-state index >= 15 is 0 Å². The fourth-order valence-corrected chi connectivity index (χ4v) is 24.3. The third-order valence-electron chi connectivity index (χ3n) is 5.44. The Bertz CT molecular complexity index is 602. The van der Waals surface area contributed by atoms with Crippen molar-refractivity contribution in [1.29, 1.82) is 0 Å². The van der Waals surface area contributed by atoms with E-state index < -0.39 is 34.0 Å². The summed E-state index contributed by atoms with van der Waals surface area (Å²) in [6.45, 7) is 9.40. The standard InChI is InChI=1S/2C6H5.2C3H7.2C2H5.O.2Ti/c2*1-2-4-6-5-3-1;2*1-3-2;2*1-2;;;/h2*1-5H;2*1,3H2,2H3;2*1H2,2H3;;;. The second-order valence-electron chi connectivity index (χ2n) is 7.03. The first kappa shape index (κ1) is 21.1. The van der Waals surface area contributed by atoms with Gasteiger partial charge < -0.3 is 0 Å². The number of rotatable bonds is 10. The van der Waals surface area contributed by atoms with Gasteiger partial charge in [0.05, 0.1) is 0 Å². The maximum absolute atomic E-state index is 7.55. The molecular formula is C22H34OTi2. The molecule has 136 valence electrons. The molecule has 0 saturated carbocycles. The van der Waals surface area contributed by atoms with Crippen LogP contribution in [0.2, 0.25) is 18.9 Å². The topological polar surface area (TPSA) is 9.23 Å². The van der Waals surface area contributed by atoms with Crippen LogP contribution >= 0.6 is 0 Å². The van der Waals surface area contributed by atoms with Crippen molar-refractivity contribution in [1.82, 2.24) is 0 Å². The molecule has 0 spiro atoms. The van der Waals surface area contributed by atoms with Crippen LogP contribution in [0.4, 0.5) is 0 Å². The van der Waals surface area contributed by atoms with E-state index in [1.807, 2.05) is 0 Å². The van der Waals surface area contributed by atoms with Crippen molar-refractivity contribution in [3.8, 4) is 0 Å². The summed E-state index contributed by atoms with van der Waals surface area (Å²) in [7, 11) is 0. The molecule has 25 heavy (non-hydrogen) atoms. The molecule has 0 amide bonds. The Morgan fingerprint density at radius 1 is 0.600 bits per heavy atom. The molecule has 0 saturated heterocycles. The minimum atomic E-state index is -2.58. The summed E-state index contributed by atoms with van der Waals surface area (Å²) in [4.78, 5) is 0. The van der Waals surface area contributed by atoms with Gasteiger partial charge in [-0.3, -0.25) is 0 Å². The fourth-order valence-electron chi connectivity index (χ4n) is 4.10. The number of hydrogen-bond acceptors (Lipinski definition) is 1. The van der Waals surface area contributed by atoms with Crippen LogP contribution in [-0.2, 0) is 35.9 Å². The molecule has 3 heteroatoms. The molecule has 0 unspecified atom stereocenters. The van der Waals surface area contributed by atoms with Crippen molar-refractivity contribution in [2.45, 2.75) is 59.4 Å². The van der Waals surface area contributed by atoms with Gasteiger partial charge in [0.15, 0.2) is 0 Å². The molecule has 0 fully saturated rings. The summed E-state index contributed by atoms with van der Waals surface area (Å²) < 4.78 is 15.7. The fraction of sp³-hybridized carbons (Fsp3) is 0.455. The van der Waals surface area contributed by atoms with Crippen LogP contribution in [0.15, 0.2) is 60.7 Å². The van der Waals surface area contributed by atoms with E-state index in [2.05, 4.69) is 88.4 Å². The first-order chi connectivity index (χ1) is 12.2. The molecular weight excluding hydrogens is 376 g/mol. The molecule has 0 aliphatic rings. The molecule has 0 atom stereocenters. The predicted molar refractivity (Wildman–Crippen MR) is 104 cm³/mol. The summed E-state index contributed by atoms with van der Waals surface area (Å²) in [5.41, 5.74) is 0. The van der Waals surface area contributed by atoms with Crippen molar-refractivity contribution in [2.24, 2.45) is 0 Å². The summed E-state index contributed by atoms with van der Waals surface area (Å²) in [5.74, 6) is 0. The third kappa shape index (κ3) is 4.96. The van der Waals surface area contributed by atoms with Crippen LogP contribution in [0.5, 0.6) is 0 Å². The van der Waals surface area contributed by atoms with Crippen molar-refractivity contribution in [3.05, 3.63) is 60.7 Å². The van der Waals surface area contributed by atoms with Crippen molar-refractivity contribution >= 4 is 7.74 Å². The molecule has 0 bridgehead atoms. The normalized spacial score (nSPS) is 12.3. The Morgan fingerprint density at radius 2 is 1.00 bits per heavy atom. The zero-order chi connectivity index (χ0) is 18.2. The number of benzene rings is 2. The Hall–Kier alpha value is -0.171. The van der Waals surface area contributed by atoms with E-state index in [4.69, 9.17) is 1.90 Å². The minimum absolute atomic E-state index is 1.22. The molecule has 1 nitrogen and oxygen atoms in total. The Kier molecular flexibility index (Phi) is 8.65. The molecule has 2 rings (SSSR count). The van der Waals surface area contributed by atoms with Gasteiger partial charge >= 0.3 is 164 Å². The molecule has 0 aliphatic heterocycles. The van der Waals surface area contributed by atoms with E-state index in [0.717, 1.165) is 0 Å². The van der Waals surface area contributed by atoms with E-state index in [9.17, 15) is 0 Å². The first-order valence-corrected chi connectivity index (χ1v) is 17.2. The van der Waals surface area contributed by atoms with Crippen LogP contribution in [0.1, 0.15) is 40.5 Å². The van der Waals surface area contributed by atoms with Crippen molar-refractivity contribution in [2.75, 3.05) is 0 Å². The zero-order valence-electron chi connectivity index (χ0n) is 16.4. The predicted octanol–water partition coefficient (Wildman–Crippen LogP) is 6.32. The second-order valence-corrected chi connectivity index (χ2v) is 20.4. The van der Waals surface area contributed by atoms with E-state index in [-0.39, 0.29) is 0 Å². The molecule has 0 radical (unpaired) electrons. The molecule has 0 heterocycles. The van der Waals surface area contributed by atoms with Crippen LogP contribution in [0.3, 0.4) is 0 Å². The van der Waals surface area contributed by atoms with Crippen LogP contribution in [-0.4, -0.2) is 0 Å². The first-order valence-electron chi connectivity index (χ1n) is 9.97. The SMILES string of the molecule is CC[CH2][Ti]([CH2]CC)([O][Ti]([CH2]C)([CH2]C)[c]1ccccc1)[c]1ccccc1. The molecule has 2 aromatic carbocycles. The molecule has 0 N–H and O–H groups in total. The monoisotopic (exact) mass is 410 g/mol. The molecule has 0 aromatic heterocycles. The van der Waals surface area contributed by atoms with Crippen LogP contribution in [0.25, 0.3) is 0 Å². The van der Waals surface area contributed by atoms with E-state index in [0.29, 0.717) is 0 Å². The van der Waals surface area contributed by atoms with Gasteiger partial charge in [-0.25, -0.2) is 0 Å². The van der Waals surface area contributed by atoms with Gasteiger partial charge in [-0.1, -0.05) is 0 Å². The Balaban J connectivity index is 2.52. The van der Waals surface area contributed by atoms with Gasteiger partial charge in [-0.15, -0.1) is 0 Å².